The number of rotatable bonds is 0. The third-order valence-electron chi connectivity index (χ3n) is 3.58. The monoisotopic (exact) mass is 318 g/mol. The summed E-state index contributed by atoms with van der Waals surface area (Å²) in [7, 11) is 0. The normalized spacial score (nSPS) is 9.08. The van der Waals surface area contributed by atoms with Gasteiger partial charge in [-0.15, -0.1) is 0 Å². The molecule has 0 fully saturated rings. The number of para-hydroxylation sites is 1. The molecular formula is C23H14N2. The molecule has 0 heterocycles. The second-order valence-electron chi connectivity index (χ2n) is 5.32. The molecular weight excluding hydrogens is 304 g/mol. The lowest BCUT2D eigenvalue weighted by atomic mass is 10.1. The summed E-state index contributed by atoms with van der Waals surface area (Å²) in [6.07, 6.45) is 0. The van der Waals surface area contributed by atoms with Crippen LogP contribution in [0.4, 0.5) is 5.69 Å². The second kappa shape index (κ2) is 7.56. The summed E-state index contributed by atoms with van der Waals surface area (Å²) in [5, 5.41) is 8.84. The summed E-state index contributed by atoms with van der Waals surface area (Å²) in [5.41, 5.74) is 10.6. The molecule has 0 unspecified atom stereocenters. The van der Waals surface area contributed by atoms with Crippen LogP contribution in [-0.2, 0) is 0 Å². The number of hydrogen-bond acceptors (Lipinski definition) is 2. The first-order chi connectivity index (χ1) is 12.3. The highest BCUT2D eigenvalue weighted by molar-refractivity contribution is 5.59. The van der Waals surface area contributed by atoms with E-state index in [9.17, 15) is 0 Å². The first kappa shape index (κ1) is 15.9. The molecule has 2 nitrogen and oxygen atoms in total. The van der Waals surface area contributed by atoms with Crippen LogP contribution >= 0.6 is 0 Å². The summed E-state index contributed by atoms with van der Waals surface area (Å²) in [5.74, 6) is 12.5. The Balaban J connectivity index is 1.91. The van der Waals surface area contributed by atoms with Crippen LogP contribution in [0, 0.1) is 35.0 Å². The summed E-state index contributed by atoms with van der Waals surface area (Å²) in [6, 6.07) is 24.6. The van der Waals surface area contributed by atoms with Gasteiger partial charge in [-0.2, -0.15) is 5.26 Å². The van der Waals surface area contributed by atoms with Crippen LogP contribution in [0.5, 0.6) is 0 Å². The lowest BCUT2D eigenvalue weighted by molar-refractivity contribution is 1.48. The van der Waals surface area contributed by atoms with Gasteiger partial charge in [-0.05, 0) is 48.5 Å². The molecule has 0 aromatic heterocycles. The van der Waals surface area contributed by atoms with Crippen molar-refractivity contribution in [3.8, 4) is 29.8 Å². The van der Waals surface area contributed by atoms with Crippen molar-refractivity contribution in [3.63, 3.8) is 0 Å². The van der Waals surface area contributed by atoms with Crippen LogP contribution < -0.4 is 5.73 Å². The fourth-order valence-electron chi connectivity index (χ4n) is 2.21. The Hall–Kier alpha value is -3.93. The van der Waals surface area contributed by atoms with E-state index in [1.54, 1.807) is 12.1 Å². The van der Waals surface area contributed by atoms with Gasteiger partial charge >= 0.3 is 0 Å². The Morgan fingerprint density at radius 2 is 1.04 bits per heavy atom. The maximum Gasteiger partial charge on any atom is 0.0991 e. The number of nitrogens with zero attached hydrogens (tertiary/aromatic N) is 1. The Bertz CT molecular complexity index is 1060. The Morgan fingerprint density at radius 1 is 0.560 bits per heavy atom. The second-order valence-corrected chi connectivity index (χ2v) is 5.32. The van der Waals surface area contributed by atoms with E-state index in [0.29, 0.717) is 11.3 Å². The Morgan fingerprint density at radius 3 is 1.64 bits per heavy atom. The van der Waals surface area contributed by atoms with E-state index < -0.39 is 0 Å². The lowest BCUT2D eigenvalue weighted by Gasteiger charge is -1.97. The fourth-order valence-corrected chi connectivity index (χ4v) is 2.21. The van der Waals surface area contributed by atoms with Gasteiger partial charge in [-0.25, -0.2) is 0 Å². The number of benzene rings is 3. The third kappa shape index (κ3) is 4.08. The van der Waals surface area contributed by atoms with Crippen LogP contribution in [0.15, 0.2) is 72.8 Å². The highest BCUT2D eigenvalue weighted by Crippen LogP contribution is 2.11. The van der Waals surface area contributed by atoms with Gasteiger partial charge in [0.2, 0.25) is 0 Å². The highest BCUT2D eigenvalue weighted by Gasteiger charge is 1.97. The maximum absolute atomic E-state index is 8.84. The van der Waals surface area contributed by atoms with Crippen LogP contribution in [0.25, 0.3) is 0 Å². The molecule has 0 spiro atoms. The first-order valence-corrected chi connectivity index (χ1v) is 7.74. The zero-order valence-electron chi connectivity index (χ0n) is 13.5. The minimum atomic E-state index is 0.622. The maximum atomic E-state index is 8.84. The number of nitrogen functional groups attached to an aromatic ring is 1. The van der Waals surface area contributed by atoms with Gasteiger partial charge in [0.05, 0.1) is 11.6 Å². The molecule has 0 saturated carbocycles. The van der Waals surface area contributed by atoms with Crippen molar-refractivity contribution in [1.29, 1.82) is 5.26 Å². The summed E-state index contributed by atoms with van der Waals surface area (Å²) in [6.45, 7) is 0. The Kier molecular flexibility index (Phi) is 4.82. The van der Waals surface area contributed by atoms with Gasteiger partial charge in [-0.1, -0.05) is 47.9 Å². The predicted octanol–water partition coefficient (Wildman–Crippen LogP) is 3.94. The van der Waals surface area contributed by atoms with E-state index in [1.165, 1.54) is 0 Å². The van der Waals surface area contributed by atoms with Crippen molar-refractivity contribution >= 4 is 5.69 Å². The predicted molar refractivity (Wildman–Crippen MR) is 100 cm³/mol. The minimum Gasteiger partial charge on any atom is -0.398 e. The smallest absolute Gasteiger partial charge is 0.0991 e. The van der Waals surface area contributed by atoms with E-state index in [0.717, 1.165) is 22.3 Å². The van der Waals surface area contributed by atoms with Crippen molar-refractivity contribution in [2.24, 2.45) is 0 Å². The van der Waals surface area contributed by atoms with Gasteiger partial charge in [0.1, 0.15) is 0 Å². The van der Waals surface area contributed by atoms with Crippen molar-refractivity contribution in [2.45, 2.75) is 0 Å². The summed E-state index contributed by atoms with van der Waals surface area (Å²) in [4.78, 5) is 0. The van der Waals surface area contributed by atoms with E-state index in [-0.39, 0.29) is 0 Å². The molecule has 0 radical (unpaired) electrons. The van der Waals surface area contributed by atoms with Crippen molar-refractivity contribution in [2.75, 3.05) is 5.73 Å². The van der Waals surface area contributed by atoms with E-state index in [1.807, 2.05) is 60.7 Å². The van der Waals surface area contributed by atoms with Gasteiger partial charge in [-0.3, -0.25) is 0 Å². The zero-order chi connectivity index (χ0) is 17.5. The number of anilines is 1. The Labute approximate surface area is 147 Å². The molecule has 2 N–H and O–H groups in total. The van der Waals surface area contributed by atoms with Crippen molar-refractivity contribution in [3.05, 3.63) is 101 Å². The first-order valence-electron chi connectivity index (χ1n) is 7.74. The zero-order valence-corrected chi connectivity index (χ0v) is 13.5. The van der Waals surface area contributed by atoms with Crippen LogP contribution in [-0.4, -0.2) is 0 Å². The molecule has 0 aliphatic carbocycles. The molecule has 0 aliphatic heterocycles. The van der Waals surface area contributed by atoms with Gasteiger partial charge in [0.15, 0.2) is 0 Å². The molecule has 3 aromatic rings. The molecule has 3 aromatic carbocycles. The molecule has 2 heteroatoms. The molecule has 3 rings (SSSR count). The van der Waals surface area contributed by atoms with Gasteiger partial charge in [0.25, 0.3) is 0 Å². The average molecular weight is 318 g/mol. The van der Waals surface area contributed by atoms with Crippen LogP contribution in [0.1, 0.15) is 27.8 Å². The number of nitrogens with two attached hydrogens (primary N) is 1. The number of nitriles is 1. The topological polar surface area (TPSA) is 49.8 Å². The lowest BCUT2D eigenvalue weighted by Crippen LogP contribution is -1.89. The average Bonchev–Trinajstić information content (AvgIpc) is 2.67. The molecule has 0 saturated heterocycles. The molecule has 25 heavy (non-hydrogen) atoms. The van der Waals surface area contributed by atoms with Gasteiger partial charge < -0.3 is 5.73 Å². The minimum absolute atomic E-state index is 0.622. The quantitative estimate of drug-likeness (QED) is 0.504. The summed E-state index contributed by atoms with van der Waals surface area (Å²) >= 11 is 0. The SMILES string of the molecule is N#Cc1ccc(C#Cc2ccccc2C#Cc2ccccc2N)cc1. The molecule has 0 amide bonds. The highest BCUT2D eigenvalue weighted by atomic mass is 14.5. The third-order valence-corrected chi connectivity index (χ3v) is 3.58. The molecule has 0 bridgehead atoms. The van der Waals surface area contributed by atoms with Gasteiger partial charge in [0, 0.05) is 27.9 Å². The molecule has 0 atom stereocenters. The van der Waals surface area contributed by atoms with Crippen molar-refractivity contribution < 1.29 is 0 Å². The van der Waals surface area contributed by atoms with Crippen LogP contribution in [0.3, 0.4) is 0 Å². The fraction of sp³-hybridized carbons (Fsp3) is 0. The van der Waals surface area contributed by atoms with Crippen LogP contribution in [0.2, 0.25) is 0 Å². The molecule has 116 valence electrons. The van der Waals surface area contributed by atoms with E-state index >= 15 is 0 Å². The molecule has 0 aliphatic rings. The largest absolute Gasteiger partial charge is 0.398 e. The van der Waals surface area contributed by atoms with E-state index in [4.69, 9.17) is 11.0 Å². The summed E-state index contributed by atoms with van der Waals surface area (Å²) < 4.78 is 0. The standard InChI is InChI=1S/C23H14N2/c24-17-19-11-9-18(10-12-19)13-14-20-5-1-2-6-21(20)15-16-22-7-3-4-8-23(22)25/h1-12H,25H2. The van der Waals surface area contributed by atoms with Crippen molar-refractivity contribution in [1.82, 2.24) is 0 Å². The van der Waals surface area contributed by atoms with E-state index in [2.05, 4.69) is 29.8 Å². The number of hydrogen-bond donors (Lipinski definition) is 1.